The third-order valence-corrected chi connectivity index (χ3v) is 2.22. The summed E-state index contributed by atoms with van der Waals surface area (Å²) < 4.78 is 35.5. The molecule has 1 aliphatic carbocycles. The number of halogens is 3. The van der Waals surface area contributed by atoms with Crippen LogP contribution in [0.2, 0.25) is 0 Å². The zero-order chi connectivity index (χ0) is 10.1. The fourth-order valence-electron chi connectivity index (χ4n) is 1.38. The molecule has 1 fully saturated rings. The van der Waals surface area contributed by atoms with Gasteiger partial charge in [-0.25, -0.2) is 0 Å². The van der Waals surface area contributed by atoms with Crippen LogP contribution in [0.1, 0.15) is 32.6 Å². The molecule has 0 atom stereocenters. The van der Waals surface area contributed by atoms with E-state index < -0.39 is 17.6 Å². The zero-order valence-corrected chi connectivity index (χ0v) is 7.37. The van der Waals surface area contributed by atoms with Crippen LogP contribution in [0.5, 0.6) is 0 Å². The van der Waals surface area contributed by atoms with Gasteiger partial charge in [0.25, 0.3) is 0 Å². The van der Waals surface area contributed by atoms with Crippen LogP contribution in [0.15, 0.2) is 0 Å². The summed E-state index contributed by atoms with van der Waals surface area (Å²) in [6.45, 7) is 1.89. The van der Waals surface area contributed by atoms with Crippen LogP contribution in [0.3, 0.4) is 0 Å². The Kier molecular flexibility index (Phi) is 2.54. The minimum absolute atomic E-state index is 0.540. The number of amides is 1. The van der Waals surface area contributed by atoms with Gasteiger partial charge in [-0.3, -0.25) is 4.79 Å². The van der Waals surface area contributed by atoms with Gasteiger partial charge in [0.1, 0.15) is 0 Å². The normalized spacial score (nSPS) is 19.7. The molecule has 1 N–H and O–H groups in total. The molecular formula is C8H12F3NO. The lowest BCUT2D eigenvalue weighted by molar-refractivity contribution is -0.174. The van der Waals surface area contributed by atoms with Crippen molar-refractivity contribution in [3.05, 3.63) is 0 Å². The van der Waals surface area contributed by atoms with Gasteiger partial charge in [0.15, 0.2) is 0 Å². The van der Waals surface area contributed by atoms with Crippen molar-refractivity contribution in [2.75, 3.05) is 0 Å². The summed E-state index contributed by atoms with van der Waals surface area (Å²) in [5.41, 5.74) is -0.540. The van der Waals surface area contributed by atoms with E-state index in [4.69, 9.17) is 0 Å². The highest BCUT2D eigenvalue weighted by molar-refractivity contribution is 5.82. The SMILES string of the molecule is CCCC1(NC(=O)C(F)(F)F)CC1. The van der Waals surface area contributed by atoms with Crippen LogP contribution in [0.25, 0.3) is 0 Å². The van der Waals surface area contributed by atoms with Crippen LogP contribution in [0, 0.1) is 0 Å². The molecule has 0 aliphatic heterocycles. The van der Waals surface area contributed by atoms with Crippen molar-refractivity contribution in [3.8, 4) is 0 Å². The lowest BCUT2D eigenvalue weighted by atomic mass is 10.1. The Balaban J connectivity index is 2.45. The monoisotopic (exact) mass is 195 g/mol. The first-order valence-electron chi connectivity index (χ1n) is 4.29. The highest BCUT2D eigenvalue weighted by Gasteiger charge is 2.49. The van der Waals surface area contributed by atoms with Crippen LogP contribution >= 0.6 is 0 Å². The van der Waals surface area contributed by atoms with Crippen molar-refractivity contribution in [1.82, 2.24) is 5.32 Å². The van der Waals surface area contributed by atoms with Gasteiger partial charge >= 0.3 is 12.1 Å². The first-order chi connectivity index (χ1) is 5.90. The molecular weight excluding hydrogens is 183 g/mol. The molecule has 0 spiro atoms. The second-order valence-electron chi connectivity index (χ2n) is 3.48. The maximum Gasteiger partial charge on any atom is 0.471 e. The van der Waals surface area contributed by atoms with Gasteiger partial charge < -0.3 is 5.32 Å². The Bertz CT molecular complexity index is 208. The van der Waals surface area contributed by atoms with E-state index in [9.17, 15) is 18.0 Å². The van der Waals surface area contributed by atoms with Crippen LogP contribution in [-0.2, 0) is 4.79 Å². The van der Waals surface area contributed by atoms with E-state index in [1.807, 2.05) is 12.2 Å². The number of carbonyl (C=O) groups excluding carboxylic acids is 1. The largest absolute Gasteiger partial charge is 0.471 e. The number of alkyl halides is 3. The minimum atomic E-state index is -4.75. The van der Waals surface area contributed by atoms with Gasteiger partial charge in [0, 0.05) is 5.54 Å². The van der Waals surface area contributed by atoms with Gasteiger partial charge in [0.05, 0.1) is 0 Å². The highest BCUT2D eigenvalue weighted by atomic mass is 19.4. The maximum atomic E-state index is 11.8. The Morgan fingerprint density at radius 3 is 2.31 bits per heavy atom. The van der Waals surface area contributed by atoms with E-state index in [0.717, 1.165) is 6.42 Å². The van der Waals surface area contributed by atoms with E-state index in [-0.39, 0.29) is 0 Å². The van der Waals surface area contributed by atoms with Gasteiger partial charge in [-0.15, -0.1) is 0 Å². The molecule has 0 aromatic heterocycles. The molecule has 0 bridgehead atoms. The molecule has 0 unspecified atom stereocenters. The molecule has 0 radical (unpaired) electrons. The first kappa shape index (κ1) is 10.3. The predicted molar refractivity (Wildman–Crippen MR) is 41.1 cm³/mol. The number of nitrogens with one attached hydrogen (secondary N) is 1. The van der Waals surface area contributed by atoms with Gasteiger partial charge in [-0.05, 0) is 19.3 Å². The Morgan fingerprint density at radius 2 is 2.00 bits per heavy atom. The summed E-state index contributed by atoms with van der Waals surface area (Å²) in [6.07, 6.45) is -1.98. The van der Waals surface area contributed by atoms with Gasteiger partial charge in [-0.2, -0.15) is 13.2 Å². The van der Waals surface area contributed by atoms with Crippen molar-refractivity contribution in [2.24, 2.45) is 0 Å². The van der Waals surface area contributed by atoms with E-state index >= 15 is 0 Å². The second-order valence-corrected chi connectivity index (χ2v) is 3.48. The molecule has 0 heterocycles. The second kappa shape index (κ2) is 3.20. The van der Waals surface area contributed by atoms with Gasteiger partial charge in [-0.1, -0.05) is 13.3 Å². The predicted octanol–water partition coefficient (Wildman–Crippen LogP) is 2.00. The van der Waals surface area contributed by atoms with Crippen molar-refractivity contribution >= 4 is 5.91 Å². The summed E-state index contributed by atoms with van der Waals surface area (Å²) in [4.78, 5) is 10.6. The lowest BCUT2D eigenvalue weighted by Gasteiger charge is -2.17. The van der Waals surface area contributed by atoms with Crippen LogP contribution in [0.4, 0.5) is 13.2 Å². The lowest BCUT2D eigenvalue weighted by Crippen LogP contribution is -2.44. The molecule has 5 heteroatoms. The number of hydrogen-bond acceptors (Lipinski definition) is 1. The molecule has 1 rings (SSSR count). The molecule has 13 heavy (non-hydrogen) atoms. The molecule has 1 aliphatic rings. The van der Waals surface area contributed by atoms with Crippen LogP contribution in [-0.4, -0.2) is 17.6 Å². The summed E-state index contributed by atoms with van der Waals surface area (Å²) in [5.74, 6) is -1.81. The average molecular weight is 195 g/mol. The summed E-state index contributed by atoms with van der Waals surface area (Å²) >= 11 is 0. The standard InChI is InChI=1S/C8H12F3NO/c1-2-3-7(4-5-7)12-6(13)8(9,10)11/h2-5H2,1H3,(H,12,13). The molecule has 0 saturated heterocycles. The zero-order valence-electron chi connectivity index (χ0n) is 7.37. The first-order valence-corrected chi connectivity index (χ1v) is 4.29. The molecule has 76 valence electrons. The number of carbonyl (C=O) groups is 1. The molecule has 0 aromatic carbocycles. The van der Waals surface area contributed by atoms with Crippen LogP contribution < -0.4 is 5.32 Å². The molecule has 2 nitrogen and oxygen atoms in total. The quantitative estimate of drug-likeness (QED) is 0.733. The Morgan fingerprint density at radius 1 is 1.46 bits per heavy atom. The minimum Gasteiger partial charge on any atom is -0.343 e. The summed E-state index contributed by atoms with van der Waals surface area (Å²) in [7, 11) is 0. The molecule has 1 saturated carbocycles. The summed E-state index contributed by atoms with van der Waals surface area (Å²) in [6, 6.07) is 0. The maximum absolute atomic E-state index is 11.8. The Hall–Kier alpha value is -0.740. The Labute approximate surface area is 74.5 Å². The average Bonchev–Trinajstić information content (AvgIpc) is 2.67. The fourth-order valence-corrected chi connectivity index (χ4v) is 1.38. The summed E-state index contributed by atoms with van der Waals surface area (Å²) in [5, 5.41) is 2.04. The van der Waals surface area contributed by atoms with E-state index in [0.29, 0.717) is 19.3 Å². The topological polar surface area (TPSA) is 29.1 Å². The number of hydrogen-bond donors (Lipinski definition) is 1. The highest BCUT2D eigenvalue weighted by Crippen LogP contribution is 2.40. The molecule has 1 amide bonds. The van der Waals surface area contributed by atoms with E-state index in [1.54, 1.807) is 0 Å². The van der Waals surface area contributed by atoms with Gasteiger partial charge in [0.2, 0.25) is 0 Å². The third kappa shape index (κ3) is 2.60. The van der Waals surface area contributed by atoms with Crippen molar-refractivity contribution < 1.29 is 18.0 Å². The smallest absolute Gasteiger partial charge is 0.343 e. The van der Waals surface area contributed by atoms with E-state index in [1.165, 1.54) is 0 Å². The van der Waals surface area contributed by atoms with E-state index in [2.05, 4.69) is 0 Å². The number of rotatable bonds is 3. The fraction of sp³-hybridized carbons (Fsp3) is 0.875. The molecule has 0 aromatic rings. The third-order valence-electron chi connectivity index (χ3n) is 2.22. The van der Waals surface area contributed by atoms with Crippen molar-refractivity contribution in [1.29, 1.82) is 0 Å². The van der Waals surface area contributed by atoms with Crippen molar-refractivity contribution in [3.63, 3.8) is 0 Å². The van der Waals surface area contributed by atoms with Crippen molar-refractivity contribution in [2.45, 2.75) is 44.3 Å².